The molecule has 3 rings (SSSR count). The van der Waals surface area contributed by atoms with E-state index in [1.807, 2.05) is 31.2 Å². The van der Waals surface area contributed by atoms with Crippen molar-refractivity contribution in [1.29, 1.82) is 0 Å². The number of hydrogen-bond donors (Lipinski definition) is 1. The summed E-state index contributed by atoms with van der Waals surface area (Å²) < 4.78 is 76.5. The van der Waals surface area contributed by atoms with Gasteiger partial charge in [0.25, 0.3) is 0 Å². The van der Waals surface area contributed by atoms with E-state index in [-0.39, 0.29) is 18.5 Å². The van der Waals surface area contributed by atoms with Crippen molar-refractivity contribution < 1.29 is 75.9 Å². The molecule has 17 nitrogen and oxygen atoms in total. The Kier molecular flexibility index (Phi) is 33.5. The van der Waals surface area contributed by atoms with Crippen molar-refractivity contribution in [1.82, 2.24) is 5.32 Å². The molecule has 0 aromatic heterocycles. The van der Waals surface area contributed by atoms with Crippen LogP contribution in [0.15, 0.2) is 48.5 Å². The van der Waals surface area contributed by atoms with Gasteiger partial charge in [-0.25, -0.2) is 4.79 Å². The minimum absolute atomic E-state index is 0.0447. The van der Waals surface area contributed by atoms with Gasteiger partial charge in [-0.1, -0.05) is 55.5 Å². The number of alkyl carbamates (subject to hydrolysis) is 1. The van der Waals surface area contributed by atoms with Crippen LogP contribution in [0.2, 0.25) is 0 Å². The fraction of sp³-hybridized carbons (Fsp3) is 0.696. The van der Waals surface area contributed by atoms with E-state index in [9.17, 15) is 9.59 Å². The first-order chi connectivity index (χ1) is 31.2. The summed E-state index contributed by atoms with van der Waals surface area (Å²) >= 11 is 0. The zero-order valence-electron chi connectivity index (χ0n) is 37.4. The first kappa shape index (κ1) is 54.0. The topological polar surface area (TPSA) is 175 Å². The summed E-state index contributed by atoms with van der Waals surface area (Å²) in [5, 5.41) is 2.81. The van der Waals surface area contributed by atoms with Gasteiger partial charge in [0, 0.05) is 25.5 Å². The Labute approximate surface area is 373 Å². The molecular formula is C46H73NO16. The lowest BCUT2D eigenvalue weighted by atomic mass is 9.98. The summed E-state index contributed by atoms with van der Waals surface area (Å²) in [6.45, 7) is 14.4. The molecule has 0 heterocycles. The number of carbonyl (C=O) groups is 2. The lowest BCUT2D eigenvalue weighted by Crippen LogP contribution is -2.27. The number of amides is 1. The smallest absolute Gasteiger partial charge is 0.407 e. The molecule has 0 unspecified atom stereocenters. The number of nitrogens with one attached hydrogen (secondary N) is 1. The van der Waals surface area contributed by atoms with Crippen LogP contribution >= 0.6 is 0 Å². The summed E-state index contributed by atoms with van der Waals surface area (Å²) in [6.07, 6.45) is 1.48. The summed E-state index contributed by atoms with van der Waals surface area (Å²) in [5.74, 6) is -0.148. The Morgan fingerprint density at radius 1 is 0.429 bits per heavy atom. The first-order valence-electron chi connectivity index (χ1n) is 22.4. The molecule has 0 saturated heterocycles. The Balaban J connectivity index is 0.911. The van der Waals surface area contributed by atoms with Crippen LogP contribution in [0.1, 0.15) is 43.2 Å². The first-order valence-corrected chi connectivity index (χ1v) is 22.4. The van der Waals surface area contributed by atoms with Crippen LogP contribution < -0.4 is 5.32 Å². The number of ether oxygens (including phenoxy) is 14. The normalized spacial score (nSPS) is 12.1. The highest BCUT2D eigenvalue weighted by Gasteiger charge is 2.29. The summed E-state index contributed by atoms with van der Waals surface area (Å²) in [6, 6.07) is 16.6. The van der Waals surface area contributed by atoms with Gasteiger partial charge in [0.05, 0.1) is 152 Å². The molecule has 0 saturated carbocycles. The van der Waals surface area contributed by atoms with Crippen LogP contribution in [-0.4, -0.2) is 190 Å². The molecule has 2 aromatic rings. The van der Waals surface area contributed by atoms with Crippen molar-refractivity contribution in [3.05, 3.63) is 59.7 Å². The second kappa shape index (κ2) is 39.1. The summed E-state index contributed by atoms with van der Waals surface area (Å²) in [4.78, 5) is 23.5. The molecule has 0 radical (unpaired) electrons. The number of carbonyl (C=O) groups excluding carboxylic acids is 2. The van der Waals surface area contributed by atoms with Gasteiger partial charge in [0.15, 0.2) is 0 Å². The van der Waals surface area contributed by atoms with Crippen LogP contribution in [0.5, 0.6) is 0 Å². The highest BCUT2D eigenvalue weighted by Crippen LogP contribution is 2.44. The SMILES string of the molecule is CCCC(=O)OCCOCCOCCOCCOCCOCCOCCOCCOCCOCCOCCOCCOCCCNC(=O)OCC1c2ccccc2-c2ccccc21. The number of rotatable bonds is 44. The van der Waals surface area contributed by atoms with Crippen LogP contribution in [0.25, 0.3) is 11.1 Å². The lowest BCUT2D eigenvalue weighted by Gasteiger charge is -2.14. The Morgan fingerprint density at radius 3 is 1.10 bits per heavy atom. The number of fused-ring (bicyclic) bond motifs is 3. The number of esters is 1. The van der Waals surface area contributed by atoms with Gasteiger partial charge in [-0.3, -0.25) is 4.79 Å². The number of hydrogen-bond acceptors (Lipinski definition) is 16. The lowest BCUT2D eigenvalue weighted by molar-refractivity contribution is -0.145. The van der Waals surface area contributed by atoms with Crippen molar-refractivity contribution in [2.24, 2.45) is 0 Å². The third kappa shape index (κ3) is 27.6. The van der Waals surface area contributed by atoms with Crippen LogP contribution in [-0.2, 0) is 71.1 Å². The second-order valence-corrected chi connectivity index (χ2v) is 13.9. The van der Waals surface area contributed by atoms with Crippen LogP contribution in [0.3, 0.4) is 0 Å². The zero-order valence-corrected chi connectivity index (χ0v) is 37.4. The van der Waals surface area contributed by atoms with Crippen molar-refractivity contribution in [3.8, 4) is 11.1 Å². The van der Waals surface area contributed by atoms with Gasteiger partial charge in [0.2, 0.25) is 0 Å². The third-order valence-corrected chi connectivity index (χ3v) is 9.12. The van der Waals surface area contributed by atoms with Gasteiger partial charge < -0.3 is 71.6 Å². The molecule has 0 fully saturated rings. The molecule has 63 heavy (non-hydrogen) atoms. The van der Waals surface area contributed by atoms with Crippen LogP contribution in [0.4, 0.5) is 4.79 Å². The standard InChI is InChI=1S/C46H73NO16/c1-2-8-45(48)62-38-37-61-36-35-60-34-33-59-32-31-58-30-29-57-28-27-56-26-25-55-24-23-54-22-21-53-20-19-52-18-17-51-16-15-50-14-7-13-47-46(49)63-39-44-42-11-5-3-9-40(42)41-10-4-6-12-43(41)44/h3-6,9-12,44H,2,7-8,13-39H2,1H3,(H,47,49). The van der Waals surface area contributed by atoms with Gasteiger partial charge in [-0.15, -0.1) is 0 Å². The fourth-order valence-electron chi connectivity index (χ4n) is 6.03. The summed E-state index contributed by atoms with van der Waals surface area (Å²) in [7, 11) is 0. The maximum atomic E-state index is 12.3. The molecule has 1 aliphatic rings. The van der Waals surface area contributed by atoms with Gasteiger partial charge >= 0.3 is 12.1 Å². The summed E-state index contributed by atoms with van der Waals surface area (Å²) in [5.41, 5.74) is 4.79. The molecule has 17 heteroatoms. The molecule has 1 aliphatic carbocycles. The monoisotopic (exact) mass is 895 g/mol. The minimum Gasteiger partial charge on any atom is -0.463 e. The van der Waals surface area contributed by atoms with Crippen molar-refractivity contribution in [2.45, 2.75) is 32.1 Å². The molecule has 358 valence electrons. The van der Waals surface area contributed by atoms with Gasteiger partial charge in [0.1, 0.15) is 13.2 Å². The Hall–Kier alpha value is -3.30. The van der Waals surface area contributed by atoms with E-state index in [1.54, 1.807) is 0 Å². The van der Waals surface area contributed by atoms with Gasteiger partial charge in [-0.05, 0) is 35.1 Å². The predicted octanol–water partition coefficient (Wildman–Crippen LogP) is 4.46. The van der Waals surface area contributed by atoms with E-state index in [1.165, 1.54) is 22.3 Å². The zero-order chi connectivity index (χ0) is 44.5. The van der Waals surface area contributed by atoms with Crippen molar-refractivity contribution in [2.75, 3.05) is 178 Å². The van der Waals surface area contributed by atoms with E-state index in [0.29, 0.717) is 185 Å². The maximum Gasteiger partial charge on any atom is 0.407 e. The van der Waals surface area contributed by atoms with Crippen LogP contribution in [0, 0.1) is 0 Å². The van der Waals surface area contributed by atoms with Crippen molar-refractivity contribution >= 4 is 12.1 Å². The van der Waals surface area contributed by atoms with E-state index >= 15 is 0 Å². The Bertz CT molecular complexity index is 1360. The van der Waals surface area contributed by atoms with E-state index in [0.717, 1.165) is 6.42 Å². The maximum absolute atomic E-state index is 12.3. The van der Waals surface area contributed by atoms with Gasteiger partial charge in [-0.2, -0.15) is 0 Å². The fourth-order valence-corrected chi connectivity index (χ4v) is 6.03. The number of benzene rings is 2. The second-order valence-electron chi connectivity index (χ2n) is 13.9. The minimum atomic E-state index is -0.419. The average Bonchev–Trinajstić information content (AvgIpc) is 3.62. The molecule has 0 aliphatic heterocycles. The average molecular weight is 896 g/mol. The highest BCUT2D eigenvalue weighted by atomic mass is 16.6. The largest absolute Gasteiger partial charge is 0.463 e. The quantitative estimate of drug-likeness (QED) is 0.0729. The van der Waals surface area contributed by atoms with Crippen molar-refractivity contribution in [3.63, 3.8) is 0 Å². The molecule has 0 atom stereocenters. The molecule has 0 bridgehead atoms. The molecule has 1 N–H and O–H groups in total. The predicted molar refractivity (Wildman–Crippen MR) is 233 cm³/mol. The Morgan fingerprint density at radius 2 is 0.746 bits per heavy atom. The molecular weight excluding hydrogens is 822 g/mol. The van der Waals surface area contributed by atoms with E-state index < -0.39 is 6.09 Å². The molecule has 1 amide bonds. The third-order valence-electron chi connectivity index (χ3n) is 9.12. The highest BCUT2D eigenvalue weighted by molar-refractivity contribution is 5.79. The molecule has 2 aromatic carbocycles. The van der Waals surface area contributed by atoms with E-state index in [4.69, 9.17) is 66.3 Å². The molecule has 0 spiro atoms. The van der Waals surface area contributed by atoms with E-state index in [2.05, 4.69) is 29.6 Å².